The second-order valence-corrected chi connectivity index (χ2v) is 4.30. The third-order valence-corrected chi connectivity index (χ3v) is 2.91. The van der Waals surface area contributed by atoms with E-state index < -0.39 is 73.5 Å². The van der Waals surface area contributed by atoms with Crippen molar-refractivity contribution in [3.63, 3.8) is 0 Å². The Morgan fingerprint density at radius 2 is 1.25 bits per heavy atom. The molecule has 0 aromatic carbocycles. The lowest BCUT2D eigenvalue weighted by Gasteiger charge is -2.15. The molecule has 0 aromatic heterocycles. The van der Waals surface area contributed by atoms with Crippen LogP contribution in [0.15, 0.2) is 17.1 Å². The molecule has 2 fully saturated rings. The van der Waals surface area contributed by atoms with Gasteiger partial charge in [-0.25, -0.2) is 50.6 Å². The summed E-state index contributed by atoms with van der Waals surface area (Å²) in [6.45, 7) is 0. The van der Waals surface area contributed by atoms with Crippen molar-refractivity contribution >= 4 is 5.96 Å². The number of nitro groups is 6. The summed E-state index contributed by atoms with van der Waals surface area (Å²) >= 11 is 0. The lowest BCUT2D eigenvalue weighted by Crippen LogP contribution is -2.53. The van der Waals surface area contributed by atoms with Gasteiger partial charge in [0.1, 0.15) is 5.10 Å². The highest BCUT2D eigenvalue weighted by Gasteiger charge is 2.75. The monoisotopic (exact) mass is 410 g/mol. The van der Waals surface area contributed by atoms with E-state index in [1.54, 1.807) is 0 Å². The van der Waals surface area contributed by atoms with E-state index in [4.69, 9.17) is 0 Å². The molecule has 2 aliphatic rings. The summed E-state index contributed by atoms with van der Waals surface area (Å²) in [5.74, 6) is -3.35. The molecule has 0 amide bonds. The number of hydrogen-bond acceptors (Lipinski definition) is 13. The van der Waals surface area contributed by atoms with Gasteiger partial charge in [-0.1, -0.05) is 0 Å². The Kier molecular flexibility index (Phi) is 4.38. The molecule has 2 aliphatic heterocycles. The normalized spacial score (nSPS) is 21.9. The molecule has 150 valence electrons. The van der Waals surface area contributed by atoms with E-state index in [2.05, 4.69) is 5.10 Å². The van der Waals surface area contributed by atoms with Crippen molar-refractivity contribution in [2.24, 2.45) is 5.10 Å². The van der Waals surface area contributed by atoms with Crippen molar-refractivity contribution in [1.82, 2.24) is 25.4 Å². The fourth-order valence-electron chi connectivity index (χ4n) is 2.17. The zero-order valence-electron chi connectivity index (χ0n) is 12.4. The van der Waals surface area contributed by atoms with Crippen LogP contribution in [0.3, 0.4) is 0 Å². The molecule has 0 radical (unpaired) electrons. The molecule has 28 heavy (non-hydrogen) atoms. The zero-order chi connectivity index (χ0) is 21.5. The van der Waals surface area contributed by atoms with Crippen molar-refractivity contribution in [2.75, 3.05) is 0 Å². The molecule has 0 spiro atoms. The standard InChI is InChI=1S/C4H2N12O12/c17-6(18)1-2-7(13(21)22)4-8(14(23)24)3(5-12(19)20)10(16(27)28)11(4)9(2)15(25)26/h1,4H/b2-1-,5-3-. The van der Waals surface area contributed by atoms with Gasteiger partial charge in [0.15, 0.2) is 25.2 Å². The van der Waals surface area contributed by atoms with E-state index in [9.17, 15) is 60.7 Å². The van der Waals surface area contributed by atoms with Crippen molar-refractivity contribution in [3.05, 3.63) is 72.7 Å². The SMILES string of the molecule is O=[N+]([O-])/C=C1/N([N+](=O)[O-])C2N(N1[N+](=O)[O-])N([N+](=O)[O-])/C(=N\[N+](=O)[O-])N2[N+](=O)[O-]. The summed E-state index contributed by atoms with van der Waals surface area (Å²) in [5, 5.41) is 57.4. The van der Waals surface area contributed by atoms with E-state index in [1.165, 1.54) is 0 Å². The van der Waals surface area contributed by atoms with Crippen LogP contribution in [-0.2, 0) is 0 Å². The quantitative estimate of drug-likeness (QED) is 0.311. The van der Waals surface area contributed by atoms with Crippen LogP contribution in [-0.4, -0.2) is 67.7 Å². The van der Waals surface area contributed by atoms with Crippen LogP contribution in [0.4, 0.5) is 0 Å². The summed E-state index contributed by atoms with van der Waals surface area (Å²) in [5.41, 5.74) is 0. The van der Waals surface area contributed by atoms with Crippen LogP contribution in [0, 0.1) is 60.7 Å². The second kappa shape index (κ2) is 6.36. The minimum absolute atomic E-state index is 0.329. The summed E-state index contributed by atoms with van der Waals surface area (Å²) in [6.07, 6.45) is -3.10. The van der Waals surface area contributed by atoms with Crippen LogP contribution in [0.5, 0.6) is 0 Å². The average molecular weight is 410 g/mol. The molecule has 1 atom stereocenters. The Balaban J connectivity index is 2.87. The Morgan fingerprint density at radius 3 is 1.61 bits per heavy atom. The maximum Gasteiger partial charge on any atom is 0.419 e. The summed E-state index contributed by atoms with van der Waals surface area (Å²) < 4.78 is 0. The lowest BCUT2D eigenvalue weighted by atomic mass is 10.6. The second-order valence-electron chi connectivity index (χ2n) is 4.30. The van der Waals surface area contributed by atoms with Gasteiger partial charge in [-0.2, -0.15) is 0 Å². The van der Waals surface area contributed by atoms with Gasteiger partial charge in [-0.05, 0) is 5.01 Å². The molecule has 2 rings (SSSR count). The fourth-order valence-corrected chi connectivity index (χ4v) is 2.17. The van der Waals surface area contributed by atoms with Gasteiger partial charge in [0.2, 0.25) is 0 Å². The number of fused-ring (bicyclic) bond motifs is 1. The summed E-state index contributed by atoms with van der Waals surface area (Å²) in [6, 6.07) is 0. The molecular formula is C4H2N12O12. The average Bonchev–Trinajstić information content (AvgIpc) is 2.95. The summed E-state index contributed by atoms with van der Waals surface area (Å²) in [4.78, 5) is 64.8. The predicted molar refractivity (Wildman–Crippen MR) is 70.5 cm³/mol. The number of hydrogen-bond donors (Lipinski definition) is 0. The number of rotatable bonds is 6. The first kappa shape index (κ1) is 19.3. The third kappa shape index (κ3) is 2.77. The smallest absolute Gasteiger partial charge is 0.259 e. The number of hydrazine groups is 6. The molecule has 0 bridgehead atoms. The van der Waals surface area contributed by atoms with Gasteiger partial charge in [-0.15, -0.1) is 0 Å². The van der Waals surface area contributed by atoms with E-state index >= 15 is 0 Å². The van der Waals surface area contributed by atoms with E-state index in [0.29, 0.717) is 0 Å². The molecule has 0 N–H and O–H groups in total. The molecule has 1 unspecified atom stereocenters. The molecule has 0 saturated carbocycles. The van der Waals surface area contributed by atoms with Crippen molar-refractivity contribution in [3.8, 4) is 0 Å². The number of hydrazone groups is 1. The minimum Gasteiger partial charge on any atom is -0.259 e. The number of nitrogens with zero attached hydrogens (tertiary/aromatic N) is 12. The van der Waals surface area contributed by atoms with Crippen molar-refractivity contribution in [1.29, 1.82) is 0 Å². The maximum absolute atomic E-state index is 11.3. The van der Waals surface area contributed by atoms with E-state index in [1.807, 2.05) is 0 Å². The van der Waals surface area contributed by atoms with Gasteiger partial charge in [0.25, 0.3) is 6.20 Å². The number of guanidine groups is 1. The van der Waals surface area contributed by atoms with Gasteiger partial charge in [0, 0.05) is 10.1 Å². The Morgan fingerprint density at radius 1 is 0.750 bits per heavy atom. The fraction of sp³-hybridized carbons (Fsp3) is 0.250. The highest BCUT2D eigenvalue weighted by Crippen LogP contribution is 2.37. The zero-order valence-corrected chi connectivity index (χ0v) is 12.4. The van der Waals surface area contributed by atoms with Gasteiger partial charge < -0.3 is 0 Å². The van der Waals surface area contributed by atoms with Crippen LogP contribution in [0.25, 0.3) is 0 Å². The molecule has 2 heterocycles. The molecule has 0 aromatic rings. The highest BCUT2D eigenvalue weighted by atomic mass is 16.8. The summed E-state index contributed by atoms with van der Waals surface area (Å²) in [7, 11) is 0. The first-order valence-corrected chi connectivity index (χ1v) is 6.03. The third-order valence-electron chi connectivity index (χ3n) is 2.91. The molecular weight excluding hydrogens is 408 g/mol. The highest BCUT2D eigenvalue weighted by molar-refractivity contribution is 5.78. The van der Waals surface area contributed by atoms with Crippen molar-refractivity contribution < 1.29 is 30.1 Å². The van der Waals surface area contributed by atoms with E-state index in [-0.39, 0.29) is 6.20 Å². The van der Waals surface area contributed by atoms with Gasteiger partial charge in [0.05, 0.1) is 15.2 Å². The maximum atomic E-state index is 11.3. The molecule has 0 aliphatic carbocycles. The first-order valence-electron chi connectivity index (χ1n) is 6.03. The van der Waals surface area contributed by atoms with Crippen LogP contribution in [0.1, 0.15) is 0 Å². The first-order chi connectivity index (χ1) is 12.9. The van der Waals surface area contributed by atoms with Crippen LogP contribution < -0.4 is 0 Å². The Labute approximate surface area is 147 Å². The van der Waals surface area contributed by atoms with E-state index in [0.717, 1.165) is 0 Å². The van der Waals surface area contributed by atoms with Gasteiger partial charge >= 0.3 is 18.1 Å². The Hall–Kier alpha value is -5.03. The van der Waals surface area contributed by atoms with Gasteiger partial charge in [-0.3, -0.25) is 10.1 Å². The predicted octanol–water partition coefficient (Wildman–Crippen LogP) is -2.97. The lowest BCUT2D eigenvalue weighted by molar-refractivity contribution is -0.761. The molecule has 2 saturated heterocycles. The van der Waals surface area contributed by atoms with Crippen molar-refractivity contribution in [2.45, 2.75) is 6.29 Å². The van der Waals surface area contributed by atoms with Crippen LogP contribution in [0.2, 0.25) is 0 Å². The minimum atomic E-state index is -2.77. The molecule has 24 nitrogen and oxygen atoms in total. The van der Waals surface area contributed by atoms with Crippen LogP contribution >= 0.6 is 0 Å². The topological polar surface area (TPSA) is 287 Å². The largest absolute Gasteiger partial charge is 0.419 e. The molecule has 24 heteroatoms. The Bertz CT molecular complexity index is 745.